The van der Waals surface area contributed by atoms with Gasteiger partial charge in [-0.15, -0.1) is 0 Å². The summed E-state index contributed by atoms with van der Waals surface area (Å²) >= 11 is 8.82. The molecular formula is C34H28BrClF6N4O9. The maximum absolute atomic E-state index is 12.7. The number of ether oxygens (including phenoxy) is 2. The molecule has 3 N–H and O–H groups in total. The molecule has 0 aromatic heterocycles. The van der Waals surface area contributed by atoms with Crippen LogP contribution in [0.2, 0.25) is 5.02 Å². The molecule has 21 heteroatoms. The van der Waals surface area contributed by atoms with Gasteiger partial charge in [0.25, 0.3) is 23.2 Å². The molecule has 0 unspecified atom stereocenters. The van der Waals surface area contributed by atoms with Crippen molar-refractivity contribution in [2.75, 3.05) is 13.2 Å². The van der Waals surface area contributed by atoms with E-state index >= 15 is 0 Å². The number of rotatable bonds is 10. The number of alkyl halides is 6. The average molecular weight is 866 g/mol. The topological polar surface area (TPSA) is 183 Å². The summed E-state index contributed by atoms with van der Waals surface area (Å²) < 4.78 is 87.1. The zero-order valence-electron chi connectivity index (χ0n) is 28.5. The number of nitrogens with one attached hydrogen (secondary N) is 2. The van der Waals surface area contributed by atoms with Crippen LogP contribution in [0, 0.1) is 20.2 Å². The quantitative estimate of drug-likeness (QED) is 0.0794. The molecule has 4 aromatic carbocycles. The van der Waals surface area contributed by atoms with Crippen molar-refractivity contribution in [2.45, 2.75) is 38.7 Å². The standard InChI is InChI=1S/C18H16ClF3N2O4.C16H12BrF3N2O5/c1-17(2,3)23-16(25)12-9-11(5-6-14(12)24(26)27)28-15-7-4-10(8-13(15)19)18(20,21)22;17-12-7-9(16(18,19)20)1-4-14(12)27-10-2-3-13(22(25)26)11(8-10)15(24)21-5-6-23/h4-9H,1-3H3,(H,23,25);1-4,7-8,23H,5-6H2,(H,21,24). The van der Waals surface area contributed by atoms with E-state index in [9.17, 15) is 56.2 Å². The minimum atomic E-state index is -4.56. The van der Waals surface area contributed by atoms with E-state index in [2.05, 4.69) is 26.6 Å². The summed E-state index contributed by atoms with van der Waals surface area (Å²) in [5.74, 6) is -1.54. The summed E-state index contributed by atoms with van der Waals surface area (Å²) in [7, 11) is 0. The lowest BCUT2D eigenvalue weighted by atomic mass is 10.1. The normalized spacial score (nSPS) is 11.5. The molecule has 0 aliphatic heterocycles. The van der Waals surface area contributed by atoms with Gasteiger partial charge in [0.1, 0.15) is 34.1 Å². The first-order valence-corrected chi connectivity index (χ1v) is 16.5. The fraction of sp³-hybridized carbons (Fsp3) is 0.235. The molecule has 0 fully saturated rings. The van der Waals surface area contributed by atoms with Crippen molar-refractivity contribution in [3.63, 3.8) is 0 Å². The van der Waals surface area contributed by atoms with E-state index in [0.29, 0.717) is 6.07 Å². The van der Waals surface area contributed by atoms with Gasteiger partial charge in [-0.05, 0) is 85.2 Å². The van der Waals surface area contributed by atoms with Crippen molar-refractivity contribution in [1.82, 2.24) is 10.6 Å². The van der Waals surface area contributed by atoms with Crippen molar-refractivity contribution in [1.29, 1.82) is 0 Å². The minimum Gasteiger partial charge on any atom is -0.456 e. The Morgan fingerprint density at radius 1 is 0.745 bits per heavy atom. The third kappa shape index (κ3) is 12.5. The lowest BCUT2D eigenvalue weighted by molar-refractivity contribution is -0.385. The second-order valence-corrected chi connectivity index (χ2v) is 13.3. The van der Waals surface area contributed by atoms with E-state index in [1.54, 1.807) is 20.8 Å². The first-order valence-electron chi connectivity index (χ1n) is 15.3. The van der Waals surface area contributed by atoms with Crippen LogP contribution in [0.1, 0.15) is 52.6 Å². The fourth-order valence-electron chi connectivity index (χ4n) is 4.29. The Morgan fingerprint density at radius 2 is 1.20 bits per heavy atom. The molecule has 4 aromatic rings. The zero-order valence-corrected chi connectivity index (χ0v) is 30.8. The Kier molecular flexibility index (Phi) is 14.2. The van der Waals surface area contributed by atoms with Crippen LogP contribution >= 0.6 is 27.5 Å². The molecule has 4 rings (SSSR count). The second-order valence-electron chi connectivity index (χ2n) is 12.0. The monoisotopic (exact) mass is 864 g/mol. The summed E-state index contributed by atoms with van der Waals surface area (Å²) in [6.45, 7) is 4.66. The minimum absolute atomic E-state index is 0.00585. The highest BCUT2D eigenvalue weighted by molar-refractivity contribution is 9.10. The first kappa shape index (κ1) is 43.9. The molecule has 0 aliphatic carbocycles. The summed E-state index contributed by atoms with van der Waals surface area (Å²) in [5.41, 5.74) is -3.95. The smallest absolute Gasteiger partial charge is 0.416 e. The largest absolute Gasteiger partial charge is 0.456 e. The lowest BCUT2D eigenvalue weighted by Gasteiger charge is -2.20. The van der Waals surface area contributed by atoms with Crippen molar-refractivity contribution < 1.29 is 60.4 Å². The van der Waals surface area contributed by atoms with Gasteiger partial charge in [-0.3, -0.25) is 29.8 Å². The SMILES string of the molecule is CC(C)(C)NC(=O)c1cc(Oc2ccc(C(F)(F)F)cc2Cl)ccc1[N+](=O)[O-].O=C(NCCO)c1cc(Oc2ccc(C(F)(F)F)cc2Br)ccc1[N+](=O)[O-]. The number of aliphatic hydroxyl groups is 1. The van der Waals surface area contributed by atoms with Gasteiger partial charge in [0, 0.05) is 36.3 Å². The van der Waals surface area contributed by atoms with Crippen LogP contribution in [0.15, 0.2) is 77.3 Å². The van der Waals surface area contributed by atoms with Crippen molar-refractivity contribution in [2.24, 2.45) is 0 Å². The molecule has 0 bridgehead atoms. The number of hydrogen-bond acceptors (Lipinski definition) is 9. The number of halogens is 8. The molecule has 0 saturated carbocycles. The Morgan fingerprint density at radius 3 is 1.62 bits per heavy atom. The van der Waals surface area contributed by atoms with Gasteiger partial charge in [-0.25, -0.2) is 0 Å². The molecule has 0 saturated heterocycles. The van der Waals surface area contributed by atoms with Gasteiger partial charge in [-0.1, -0.05) is 11.6 Å². The molecule has 2 amide bonds. The van der Waals surface area contributed by atoms with E-state index in [1.165, 1.54) is 12.1 Å². The number of hydrogen-bond donors (Lipinski definition) is 3. The van der Waals surface area contributed by atoms with Crippen LogP contribution in [0.3, 0.4) is 0 Å². The number of carbonyl (C=O) groups is 2. The van der Waals surface area contributed by atoms with Gasteiger partial charge in [0.15, 0.2) is 0 Å². The maximum atomic E-state index is 12.7. The van der Waals surface area contributed by atoms with Crippen molar-refractivity contribution in [3.05, 3.63) is 125 Å². The highest BCUT2D eigenvalue weighted by Gasteiger charge is 2.32. The predicted octanol–water partition coefficient (Wildman–Crippen LogP) is 9.48. The molecule has 0 heterocycles. The van der Waals surface area contributed by atoms with Gasteiger partial charge < -0.3 is 25.2 Å². The number of carbonyl (C=O) groups excluding carboxylic acids is 2. The van der Waals surface area contributed by atoms with Gasteiger partial charge in [-0.2, -0.15) is 26.3 Å². The molecule has 13 nitrogen and oxygen atoms in total. The second kappa shape index (κ2) is 17.8. The maximum Gasteiger partial charge on any atom is 0.416 e. The molecule has 0 atom stereocenters. The summed E-state index contributed by atoms with van der Waals surface area (Å²) in [4.78, 5) is 45.2. The Labute approximate surface area is 320 Å². The van der Waals surface area contributed by atoms with Gasteiger partial charge >= 0.3 is 12.4 Å². The van der Waals surface area contributed by atoms with Crippen molar-refractivity contribution in [3.8, 4) is 23.0 Å². The summed E-state index contributed by atoms with van der Waals surface area (Å²) in [6.07, 6.45) is -9.08. The van der Waals surface area contributed by atoms with Crippen LogP contribution in [-0.4, -0.2) is 45.5 Å². The van der Waals surface area contributed by atoms with E-state index < -0.39 is 62.1 Å². The van der Waals surface area contributed by atoms with Gasteiger partial charge in [0.05, 0.1) is 37.1 Å². The molecule has 55 heavy (non-hydrogen) atoms. The highest BCUT2D eigenvalue weighted by atomic mass is 79.9. The van der Waals surface area contributed by atoms with E-state index in [0.717, 1.165) is 54.6 Å². The van der Waals surface area contributed by atoms with Crippen LogP contribution in [0.5, 0.6) is 23.0 Å². The summed E-state index contributed by atoms with van der Waals surface area (Å²) in [6, 6.07) is 12.0. The van der Waals surface area contributed by atoms with Crippen molar-refractivity contribution >= 4 is 50.7 Å². The highest BCUT2D eigenvalue weighted by Crippen LogP contribution is 2.39. The number of nitro groups is 2. The Hall–Kier alpha value is -5.47. The zero-order chi connectivity index (χ0) is 41.5. The first-order chi connectivity index (χ1) is 25.4. The van der Waals surface area contributed by atoms with Crippen LogP contribution in [-0.2, 0) is 12.4 Å². The van der Waals surface area contributed by atoms with Crippen LogP contribution in [0.25, 0.3) is 0 Å². The molecule has 0 radical (unpaired) electrons. The molecule has 0 spiro atoms. The predicted molar refractivity (Wildman–Crippen MR) is 189 cm³/mol. The van der Waals surface area contributed by atoms with Crippen LogP contribution < -0.4 is 20.1 Å². The number of nitro benzene ring substituents is 2. The number of benzene rings is 4. The summed E-state index contributed by atoms with van der Waals surface area (Å²) in [5, 5.41) is 35.6. The third-order valence-electron chi connectivity index (χ3n) is 6.68. The van der Waals surface area contributed by atoms with E-state index in [-0.39, 0.29) is 56.8 Å². The van der Waals surface area contributed by atoms with E-state index in [4.69, 9.17) is 26.2 Å². The third-order valence-corrected chi connectivity index (χ3v) is 7.59. The molecular weight excluding hydrogens is 838 g/mol. The van der Waals surface area contributed by atoms with E-state index in [1.807, 2.05) is 0 Å². The molecule has 0 aliphatic rings. The lowest BCUT2D eigenvalue weighted by Crippen LogP contribution is -2.40. The Balaban J connectivity index is 0.000000296. The van der Waals surface area contributed by atoms with Crippen LogP contribution in [0.4, 0.5) is 37.7 Å². The molecule has 294 valence electrons. The average Bonchev–Trinajstić information content (AvgIpc) is 3.07. The number of nitrogens with zero attached hydrogens (tertiary/aromatic N) is 2. The Bertz CT molecular complexity index is 2090. The van der Waals surface area contributed by atoms with Gasteiger partial charge in [0.2, 0.25) is 0 Å². The fourth-order valence-corrected chi connectivity index (χ4v) is 4.96. The number of aliphatic hydroxyl groups excluding tert-OH is 1. The number of amides is 2.